The van der Waals surface area contributed by atoms with Crippen LogP contribution < -0.4 is 0 Å². The summed E-state index contributed by atoms with van der Waals surface area (Å²) < 4.78 is 0. The number of fused-ring (bicyclic) bond motifs is 5. The first-order chi connectivity index (χ1) is 13.3. The van der Waals surface area contributed by atoms with E-state index in [0.29, 0.717) is 24.2 Å². The number of hydrogen-bond acceptors (Lipinski definition) is 2. The van der Waals surface area contributed by atoms with Gasteiger partial charge in [0.1, 0.15) is 0 Å². The number of carboxylic acids is 1. The Morgan fingerprint density at radius 3 is 2.79 bits per heavy atom. The fourth-order valence-corrected chi connectivity index (χ4v) is 8.09. The maximum absolute atomic E-state index is 11.9. The molecule has 0 bridgehead atoms. The number of rotatable bonds is 5. The van der Waals surface area contributed by atoms with Crippen LogP contribution in [0.15, 0.2) is 23.8 Å². The van der Waals surface area contributed by atoms with Crippen molar-refractivity contribution in [3.05, 3.63) is 23.8 Å². The lowest BCUT2D eigenvalue weighted by Gasteiger charge is -2.59. The number of carbonyl (C=O) groups is 1. The second-order valence-corrected chi connectivity index (χ2v) is 10.4. The highest BCUT2D eigenvalue weighted by molar-refractivity contribution is 5.67. The molecule has 0 aromatic heterocycles. The van der Waals surface area contributed by atoms with Crippen LogP contribution in [0, 0.1) is 35.0 Å². The summed E-state index contributed by atoms with van der Waals surface area (Å²) in [6, 6.07) is 0. The van der Waals surface area contributed by atoms with E-state index in [9.17, 15) is 9.90 Å². The van der Waals surface area contributed by atoms with Gasteiger partial charge in [0.25, 0.3) is 0 Å². The molecule has 4 aliphatic carbocycles. The molecule has 0 aromatic rings. The molecule has 0 aliphatic heterocycles. The number of aliphatic carboxylic acids is 1. The van der Waals surface area contributed by atoms with Gasteiger partial charge >= 0.3 is 5.97 Å². The maximum atomic E-state index is 11.9. The van der Waals surface area contributed by atoms with Gasteiger partial charge in [-0.15, -0.1) is 0 Å². The number of allylic oxidation sites excluding steroid dienone is 2. The lowest BCUT2D eigenvalue weighted by molar-refractivity contribution is -0.137. The summed E-state index contributed by atoms with van der Waals surface area (Å²) in [4.78, 5) is 11.1. The van der Waals surface area contributed by atoms with E-state index in [2.05, 4.69) is 26.5 Å². The molecule has 4 aliphatic rings. The third kappa shape index (κ3) is 2.91. The van der Waals surface area contributed by atoms with E-state index in [4.69, 9.17) is 5.11 Å². The molecular weight excluding hydrogens is 348 g/mol. The summed E-state index contributed by atoms with van der Waals surface area (Å²) in [5, 5.41) is 21.0. The van der Waals surface area contributed by atoms with Gasteiger partial charge in [-0.3, -0.25) is 4.79 Å². The Kier molecular flexibility index (Phi) is 5.27. The first-order valence-electron chi connectivity index (χ1n) is 11.6. The molecule has 0 heterocycles. The van der Waals surface area contributed by atoms with E-state index in [1.165, 1.54) is 38.5 Å². The Balaban J connectivity index is 1.64. The third-order valence-corrected chi connectivity index (χ3v) is 9.41. The predicted molar refractivity (Wildman–Crippen MR) is 112 cm³/mol. The van der Waals surface area contributed by atoms with Gasteiger partial charge in [-0.2, -0.15) is 0 Å². The summed E-state index contributed by atoms with van der Waals surface area (Å²) >= 11 is 0. The van der Waals surface area contributed by atoms with Gasteiger partial charge < -0.3 is 10.2 Å². The summed E-state index contributed by atoms with van der Waals surface area (Å²) in [7, 11) is 0. The van der Waals surface area contributed by atoms with Crippen LogP contribution in [0.2, 0.25) is 0 Å². The molecule has 3 saturated carbocycles. The molecular formula is C25H38O3. The van der Waals surface area contributed by atoms with Crippen LogP contribution in [0.5, 0.6) is 0 Å². The van der Waals surface area contributed by atoms with Crippen molar-refractivity contribution in [2.75, 3.05) is 0 Å². The zero-order chi connectivity index (χ0) is 20.1. The average molecular weight is 387 g/mol. The van der Waals surface area contributed by atoms with E-state index in [-0.39, 0.29) is 11.8 Å². The Bertz CT molecular complexity index is 679. The van der Waals surface area contributed by atoms with Crippen molar-refractivity contribution in [2.45, 2.75) is 90.1 Å². The van der Waals surface area contributed by atoms with E-state index < -0.39 is 11.6 Å². The minimum Gasteiger partial charge on any atom is -0.481 e. The second kappa shape index (κ2) is 7.31. The van der Waals surface area contributed by atoms with E-state index in [0.717, 1.165) is 36.7 Å². The van der Waals surface area contributed by atoms with Gasteiger partial charge in [0, 0.05) is 11.8 Å². The van der Waals surface area contributed by atoms with Crippen molar-refractivity contribution in [3.63, 3.8) is 0 Å². The van der Waals surface area contributed by atoms with Crippen LogP contribution >= 0.6 is 0 Å². The summed E-state index contributed by atoms with van der Waals surface area (Å²) in [5.74, 6) is 2.70. The van der Waals surface area contributed by atoms with E-state index in [1.54, 1.807) is 5.57 Å². The van der Waals surface area contributed by atoms with Crippen LogP contribution in [-0.4, -0.2) is 21.8 Å². The predicted octanol–water partition coefficient (Wildman–Crippen LogP) is 5.74. The molecule has 0 unspecified atom stereocenters. The number of aliphatic hydroxyl groups is 1. The van der Waals surface area contributed by atoms with Gasteiger partial charge in [-0.05, 0) is 93.0 Å². The third-order valence-electron chi connectivity index (χ3n) is 9.41. The molecule has 3 fully saturated rings. The summed E-state index contributed by atoms with van der Waals surface area (Å²) in [6.07, 6.45) is 13.6. The minimum absolute atomic E-state index is 0.0708. The molecule has 28 heavy (non-hydrogen) atoms. The summed E-state index contributed by atoms with van der Waals surface area (Å²) in [5.41, 5.74) is 1.46. The van der Waals surface area contributed by atoms with Gasteiger partial charge in [0.05, 0.1) is 5.60 Å². The molecule has 2 N–H and O–H groups in total. The van der Waals surface area contributed by atoms with Crippen LogP contribution in [0.4, 0.5) is 0 Å². The van der Waals surface area contributed by atoms with Crippen molar-refractivity contribution in [2.24, 2.45) is 35.0 Å². The quantitative estimate of drug-likeness (QED) is 0.593. The molecule has 0 amide bonds. The normalized spacial score (nSPS) is 44.8. The van der Waals surface area contributed by atoms with Crippen LogP contribution in [0.1, 0.15) is 84.5 Å². The second-order valence-electron chi connectivity index (χ2n) is 10.4. The molecule has 4 rings (SSSR count). The fourth-order valence-electron chi connectivity index (χ4n) is 8.09. The van der Waals surface area contributed by atoms with Gasteiger partial charge in [0.2, 0.25) is 0 Å². The SMILES string of the molecule is C=C(CCC(=O)O)[C@]1(O)CC[C@H]2[C@@H]3CCC4=CCCC[C@@H]4[C@H]3[C@@H](CC)C[C@@]21C. The molecule has 3 nitrogen and oxygen atoms in total. The highest BCUT2D eigenvalue weighted by Gasteiger charge is 2.64. The van der Waals surface area contributed by atoms with Gasteiger partial charge in [0.15, 0.2) is 0 Å². The van der Waals surface area contributed by atoms with Crippen LogP contribution in [-0.2, 0) is 4.79 Å². The van der Waals surface area contributed by atoms with Gasteiger partial charge in [-0.25, -0.2) is 0 Å². The largest absolute Gasteiger partial charge is 0.481 e. The highest BCUT2D eigenvalue weighted by atomic mass is 16.4. The lowest BCUT2D eigenvalue weighted by atomic mass is 9.46. The number of carboxylic acid groups (broad SMARTS) is 1. The summed E-state index contributed by atoms with van der Waals surface area (Å²) in [6.45, 7) is 8.85. The topological polar surface area (TPSA) is 57.5 Å². The van der Waals surface area contributed by atoms with Crippen molar-refractivity contribution in [1.29, 1.82) is 0 Å². The zero-order valence-electron chi connectivity index (χ0n) is 17.8. The Morgan fingerprint density at radius 2 is 2.07 bits per heavy atom. The monoisotopic (exact) mass is 386 g/mol. The highest BCUT2D eigenvalue weighted by Crippen LogP contribution is 2.68. The minimum atomic E-state index is -0.895. The van der Waals surface area contributed by atoms with E-state index >= 15 is 0 Å². The Morgan fingerprint density at radius 1 is 1.29 bits per heavy atom. The molecule has 156 valence electrons. The fraction of sp³-hybridized carbons (Fsp3) is 0.800. The van der Waals surface area contributed by atoms with Crippen molar-refractivity contribution >= 4 is 5.97 Å². The first kappa shape index (κ1) is 20.2. The maximum Gasteiger partial charge on any atom is 0.303 e. The van der Waals surface area contributed by atoms with Crippen LogP contribution in [0.25, 0.3) is 0 Å². The van der Waals surface area contributed by atoms with Crippen molar-refractivity contribution in [1.82, 2.24) is 0 Å². The lowest BCUT2D eigenvalue weighted by Crippen LogP contribution is -2.56. The number of hydrogen-bond donors (Lipinski definition) is 2. The standard InChI is InChI=1S/C25H38O3/c1-4-17-15-24(3)21(13-14-25(24,28)16(2)9-12-22(26)27)20-11-10-18-7-5-6-8-19(18)23(17)20/h7,17,19-21,23,28H,2,4-6,8-15H2,1,3H3,(H,26,27)/t17-,19-,20-,21-,23+,24-,25+/m0/s1. The molecule has 0 radical (unpaired) electrons. The van der Waals surface area contributed by atoms with Crippen LogP contribution in [0.3, 0.4) is 0 Å². The Labute approximate surface area is 170 Å². The van der Waals surface area contributed by atoms with Gasteiger partial charge in [-0.1, -0.05) is 38.5 Å². The van der Waals surface area contributed by atoms with Crippen molar-refractivity contribution < 1.29 is 15.0 Å². The molecule has 0 aromatic carbocycles. The first-order valence-corrected chi connectivity index (χ1v) is 11.6. The van der Waals surface area contributed by atoms with Crippen molar-refractivity contribution in [3.8, 4) is 0 Å². The molecule has 3 heteroatoms. The zero-order valence-corrected chi connectivity index (χ0v) is 17.8. The average Bonchev–Trinajstić information content (AvgIpc) is 2.97. The Hall–Kier alpha value is -1.09. The molecule has 0 saturated heterocycles. The smallest absolute Gasteiger partial charge is 0.303 e. The molecule has 0 spiro atoms. The molecule has 7 atom stereocenters. The van der Waals surface area contributed by atoms with E-state index in [1.807, 2.05) is 0 Å².